The number of benzene rings is 3. The van der Waals surface area contributed by atoms with Crippen molar-refractivity contribution in [1.29, 1.82) is 0 Å². The van der Waals surface area contributed by atoms with Crippen molar-refractivity contribution in [2.75, 3.05) is 6.54 Å². The smallest absolute Gasteiger partial charge is 0.266 e. The summed E-state index contributed by atoms with van der Waals surface area (Å²) in [7, 11) is 0. The van der Waals surface area contributed by atoms with Gasteiger partial charge in [-0.25, -0.2) is 4.99 Å². The average molecular weight is 477 g/mol. The number of aliphatic imine (C=N–C) groups is 1. The number of hydrogen-bond acceptors (Lipinski definition) is 4. The monoisotopic (exact) mass is 476 g/mol. The molecule has 0 bridgehead atoms. The summed E-state index contributed by atoms with van der Waals surface area (Å²) in [6.07, 6.45) is 2.74. The first-order valence-corrected chi connectivity index (χ1v) is 12.1. The standard InChI is InChI=1S/C27H25ClN2O2S/c1-3-15-30-26(31)25(33-27(30)29-23-13-11-22(28)12-14-23)17-21-9-4-5-10-24(21)32-18-20-8-6-7-19(2)16-20/h4-14,16-17H,3,15,18H2,1-2H3/b25-17-,29-27?. The lowest BCUT2D eigenvalue weighted by molar-refractivity contribution is -0.122. The molecule has 0 aromatic heterocycles. The maximum Gasteiger partial charge on any atom is 0.266 e. The second-order valence-electron chi connectivity index (χ2n) is 7.75. The van der Waals surface area contributed by atoms with Gasteiger partial charge in [-0.15, -0.1) is 0 Å². The van der Waals surface area contributed by atoms with Crippen LogP contribution in [0.4, 0.5) is 5.69 Å². The maximum atomic E-state index is 13.2. The molecule has 3 aromatic carbocycles. The van der Waals surface area contributed by atoms with E-state index >= 15 is 0 Å². The Morgan fingerprint density at radius 2 is 1.85 bits per heavy atom. The summed E-state index contributed by atoms with van der Waals surface area (Å²) in [5.41, 5.74) is 3.93. The van der Waals surface area contributed by atoms with Gasteiger partial charge in [-0.3, -0.25) is 9.69 Å². The van der Waals surface area contributed by atoms with Crippen LogP contribution >= 0.6 is 23.4 Å². The molecular weight excluding hydrogens is 452 g/mol. The third kappa shape index (κ3) is 5.86. The molecule has 4 rings (SSSR count). The third-order valence-electron chi connectivity index (χ3n) is 5.07. The van der Waals surface area contributed by atoms with Crippen LogP contribution in [-0.4, -0.2) is 22.5 Å². The number of rotatable bonds is 7. The molecule has 4 nitrogen and oxygen atoms in total. The molecule has 6 heteroatoms. The quantitative estimate of drug-likeness (QED) is 0.337. The summed E-state index contributed by atoms with van der Waals surface area (Å²) in [6.45, 7) is 5.19. The molecule has 1 fully saturated rings. The van der Waals surface area contributed by atoms with Crippen LogP contribution in [0.5, 0.6) is 5.75 Å². The van der Waals surface area contributed by atoms with Gasteiger partial charge in [0.05, 0.1) is 10.6 Å². The zero-order valence-electron chi connectivity index (χ0n) is 18.6. The first-order chi connectivity index (χ1) is 16.0. The van der Waals surface area contributed by atoms with Crippen molar-refractivity contribution in [3.05, 3.63) is 99.4 Å². The molecule has 0 radical (unpaired) electrons. The number of halogens is 1. The SMILES string of the molecule is CCCN1C(=O)/C(=C/c2ccccc2OCc2cccc(C)c2)SC1=Nc1ccc(Cl)cc1. The van der Waals surface area contributed by atoms with Crippen LogP contribution < -0.4 is 4.74 Å². The molecule has 0 spiro atoms. The van der Waals surface area contributed by atoms with E-state index in [4.69, 9.17) is 21.3 Å². The summed E-state index contributed by atoms with van der Waals surface area (Å²) in [6, 6.07) is 23.3. The predicted octanol–water partition coefficient (Wildman–Crippen LogP) is 7.24. The molecule has 3 aromatic rings. The Morgan fingerprint density at radius 1 is 1.06 bits per heavy atom. The van der Waals surface area contributed by atoms with Gasteiger partial charge in [0, 0.05) is 17.1 Å². The van der Waals surface area contributed by atoms with Gasteiger partial charge in [-0.1, -0.05) is 66.6 Å². The van der Waals surface area contributed by atoms with Crippen LogP contribution in [0, 0.1) is 6.92 Å². The van der Waals surface area contributed by atoms with Gasteiger partial charge in [0.2, 0.25) is 0 Å². The Bertz CT molecular complexity index is 1200. The summed E-state index contributed by atoms with van der Waals surface area (Å²) < 4.78 is 6.11. The minimum Gasteiger partial charge on any atom is -0.488 e. The van der Waals surface area contributed by atoms with Crippen molar-refractivity contribution in [3.8, 4) is 5.75 Å². The number of aryl methyl sites for hydroxylation is 1. The van der Waals surface area contributed by atoms with Gasteiger partial charge in [0.15, 0.2) is 5.17 Å². The van der Waals surface area contributed by atoms with Gasteiger partial charge >= 0.3 is 0 Å². The number of amidine groups is 1. The number of carbonyl (C=O) groups excluding carboxylic acids is 1. The number of nitrogens with zero attached hydrogens (tertiary/aromatic N) is 2. The minimum atomic E-state index is -0.0388. The molecule has 1 aliphatic heterocycles. The highest BCUT2D eigenvalue weighted by atomic mass is 35.5. The van der Waals surface area contributed by atoms with Gasteiger partial charge < -0.3 is 4.74 Å². The lowest BCUT2D eigenvalue weighted by Crippen LogP contribution is -2.29. The van der Waals surface area contributed by atoms with Crippen LogP contribution in [0.1, 0.15) is 30.0 Å². The Balaban J connectivity index is 1.59. The van der Waals surface area contributed by atoms with Crippen molar-refractivity contribution >= 4 is 46.2 Å². The van der Waals surface area contributed by atoms with Crippen molar-refractivity contribution in [2.45, 2.75) is 26.9 Å². The first-order valence-electron chi connectivity index (χ1n) is 10.9. The van der Waals surface area contributed by atoms with E-state index in [9.17, 15) is 4.79 Å². The minimum absolute atomic E-state index is 0.0388. The topological polar surface area (TPSA) is 41.9 Å². The average Bonchev–Trinajstić information content (AvgIpc) is 3.09. The lowest BCUT2D eigenvalue weighted by atomic mass is 10.1. The lowest BCUT2D eigenvalue weighted by Gasteiger charge is -2.14. The largest absolute Gasteiger partial charge is 0.488 e. The molecule has 168 valence electrons. The normalized spacial score (nSPS) is 16.1. The van der Waals surface area contributed by atoms with Gasteiger partial charge in [-0.05, 0) is 67.1 Å². The molecular formula is C27H25ClN2O2S. The second kappa shape index (κ2) is 10.7. The summed E-state index contributed by atoms with van der Waals surface area (Å²) in [5.74, 6) is 0.702. The Labute approximate surface area is 203 Å². The molecule has 0 N–H and O–H groups in total. The number of carbonyl (C=O) groups is 1. The molecule has 1 aliphatic rings. The van der Waals surface area contributed by atoms with E-state index in [0.29, 0.717) is 28.2 Å². The van der Waals surface area contributed by atoms with Crippen LogP contribution in [-0.2, 0) is 11.4 Å². The summed E-state index contributed by atoms with van der Waals surface area (Å²) in [4.78, 5) is 20.2. The van der Waals surface area contributed by atoms with Crippen LogP contribution in [0.3, 0.4) is 0 Å². The van der Waals surface area contributed by atoms with E-state index in [1.807, 2.05) is 61.5 Å². The van der Waals surface area contributed by atoms with E-state index in [1.54, 1.807) is 17.0 Å². The fourth-order valence-electron chi connectivity index (χ4n) is 3.47. The molecule has 1 saturated heterocycles. The highest BCUT2D eigenvalue weighted by Crippen LogP contribution is 2.36. The zero-order chi connectivity index (χ0) is 23.2. The Hall–Kier alpha value is -3.02. The fourth-order valence-corrected chi connectivity index (χ4v) is 4.62. The number of amides is 1. The molecule has 1 amide bonds. The van der Waals surface area contributed by atoms with E-state index < -0.39 is 0 Å². The number of para-hydroxylation sites is 1. The number of thioether (sulfide) groups is 1. The molecule has 0 unspecified atom stereocenters. The molecule has 0 aliphatic carbocycles. The first kappa shape index (κ1) is 23.1. The van der Waals surface area contributed by atoms with Gasteiger partial charge in [0.25, 0.3) is 5.91 Å². The molecule has 33 heavy (non-hydrogen) atoms. The van der Waals surface area contributed by atoms with E-state index in [1.165, 1.54) is 17.3 Å². The van der Waals surface area contributed by atoms with E-state index in [0.717, 1.165) is 29.0 Å². The van der Waals surface area contributed by atoms with Crippen molar-refractivity contribution in [2.24, 2.45) is 4.99 Å². The third-order valence-corrected chi connectivity index (χ3v) is 6.33. The summed E-state index contributed by atoms with van der Waals surface area (Å²) in [5, 5.41) is 1.33. The Kier molecular flexibility index (Phi) is 7.53. The summed E-state index contributed by atoms with van der Waals surface area (Å²) >= 11 is 7.38. The Morgan fingerprint density at radius 3 is 2.61 bits per heavy atom. The number of ether oxygens (including phenoxy) is 1. The molecule has 1 heterocycles. The van der Waals surface area contributed by atoms with Crippen molar-refractivity contribution in [3.63, 3.8) is 0 Å². The highest BCUT2D eigenvalue weighted by molar-refractivity contribution is 8.18. The number of hydrogen-bond donors (Lipinski definition) is 0. The highest BCUT2D eigenvalue weighted by Gasteiger charge is 2.33. The van der Waals surface area contributed by atoms with Gasteiger partial charge in [0.1, 0.15) is 12.4 Å². The fraction of sp³-hybridized carbons (Fsp3) is 0.185. The van der Waals surface area contributed by atoms with Crippen LogP contribution in [0.25, 0.3) is 6.08 Å². The van der Waals surface area contributed by atoms with Gasteiger partial charge in [-0.2, -0.15) is 0 Å². The van der Waals surface area contributed by atoms with Crippen molar-refractivity contribution in [1.82, 2.24) is 4.90 Å². The van der Waals surface area contributed by atoms with Crippen LogP contribution in [0.2, 0.25) is 5.02 Å². The predicted molar refractivity (Wildman–Crippen MR) is 138 cm³/mol. The molecule has 0 atom stereocenters. The maximum absolute atomic E-state index is 13.2. The van der Waals surface area contributed by atoms with E-state index in [2.05, 4.69) is 19.1 Å². The second-order valence-corrected chi connectivity index (χ2v) is 9.20. The molecule has 0 saturated carbocycles. The van der Waals surface area contributed by atoms with Crippen LogP contribution in [0.15, 0.2) is 82.7 Å². The van der Waals surface area contributed by atoms with E-state index in [-0.39, 0.29) is 5.91 Å². The van der Waals surface area contributed by atoms with Crippen molar-refractivity contribution < 1.29 is 9.53 Å². The zero-order valence-corrected chi connectivity index (χ0v) is 20.2.